The summed E-state index contributed by atoms with van der Waals surface area (Å²) in [5, 5.41) is 9.65. The highest BCUT2D eigenvalue weighted by atomic mass is 16.3. The molecular weight excluding hydrogens is 168 g/mol. The van der Waals surface area contributed by atoms with E-state index < -0.39 is 11.4 Å². The Labute approximate surface area is 76.0 Å². The average Bonchev–Trinajstić information content (AvgIpc) is 2.17. The summed E-state index contributed by atoms with van der Waals surface area (Å²) in [5.41, 5.74) is -1.68. The molecule has 0 fully saturated rings. The molecule has 3 heteroatoms. The van der Waals surface area contributed by atoms with Crippen molar-refractivity contribution in [2.45, 2.75) is 12.5 Å². The van der Waals surface area contributed by atoms with E-state index in [1.165, 1.54) is 19.1 Å². The molecule has 0 heterocycles. The van der Waals surface area contributed by atoms with Crippen LogP contribution < -0.4 is 0 Å². The maximum atomic E-state index is 11.0. The minimum atomic E-state index is -1.98. The Hall–Kier alpha value is -1.48. The number of ketones is 1. The smallest absolute Gasteiger partial charge is 0.203 e. The summed E-state index contributed by atoms with van der Waals surface area (Å²) in [6, 6.07) is 8.14. The highest BCUT2D eigenvalue weighted by Crippen LogP contribution is 2.19. The molecule has 68 valence electrons. The van der Waals surface area contributed by atoms with E-state index in [0.29, 0.717) is 5.56 Å². The number of hydrogen-bond acceptors (Lipinski definition) is 3. The van der Waals surface area contributed by atoms with Gasteiger partial charge in [0.1, 0.15) is 0 Å². The number of hydrogen-bond donors (Lipinski definition) is 1. The first-order valence-electron chi connectivity index (χ1n) is 3.86. The molecule has 0 aliphatic rings. The van der Waals surface area contributed by atoms with E-state index in [9.17, 15) is 14.7 Å². The molecule has 1 rings (SSSR count). The maximum Gasteiger partial charge on any atom is 0.203 e. The lowest BCUT2D eigenvalue weighted by molar-refractivity contribution is -0.143. The molecular formula is C10H10O3. The lowest BCUT2D eigenvalue weighted by Crippen LogP contribution is -2.35. The van der Waals surface area contributed by atoms with Gasteiger partial charge in [-0.15, -0.1) is 0 Å². The third kappa shape index (κ3) is 1.65. The predicted octanol–water partition coefficient (Wildman–Crippen LogP) is 0.662. The first-order chi connectivity index (χ1) is 6.11. The van der Waals surface area contributed by atoms with E-state index in [2.05, 4.69) is 0 Å². The Morgan fingerprint density at radius 1 is 1.38 bits per heavy atom. The van der Waals surface area contributed by atoms with Gasteiger partial charge in [-0.05, 0) is 12.5 Å². The van der Waals surface area contributed by atoms with E-state index in [0.717, 1.165) is 0 Å². The minimum absolute atomic E-state index is 0.255. The van der Waals surface area contributed by atoms with Crippen LogP contribution in [0.2, 0.25) is 0 Å². The number of rotatable bonds is 3. The topological polar surface area (TPSA) is 54.4 Å². The molecule has 0 aliphatic heterocycles. The fourth-order valence-corrected chi connectivity index (χ4v) is 1.05. The lowest BCUT2D eigenvalue weighted by atomic mass is 9.92. The van der Waals surface area contributed by atoms with Gasteiger partial charge in [-0.2, -0.15) is 0 Å². The van der Waals surface area contributed by atoms with Gasteiger partial charge in [0, 0.05) is 0 Å². The Morgan fingerprint density at radius 2 is 1.92 bits per heavy atom. The molecule has 0 aromatic heterocycles. The third-order valence-electron chi connectivity index (χ3n) is 1.92. The fourth-order valence-electron chi connectivity index (χ4n) is 1.05. The fraction of sp³-hybridized carbons (Fsp3) is 0.200. The summed E-state index contributed by atoms with van der Waals surface area (Å²) < 4.78 is 0. The van der Waals surface area contributed by atoms with Crippen LogP contribution >= 0.6 is 0 Å². The molecule has 0 amide bonds. The Morgan fingerprint density at radius 3 is 2.31 bits per heavy atom. The van der Waals surface area contributed by atoms with Crippen molar-refractivity contribution in [2.75, 3.05) is 0 Å². The van der Waals surface area contributed by atoms with E-state index in [1.807, 2.05) is 0 Å². The second-order valence-electron chi connectivity index (χ2n) is 2.81. The number of carbonyl (C=O) groups is 2. The van der Waals surface area contributed by atoms with Crippen LogP contribution in [-0.2, 0) is 15.2 Å². The van der Waals surface area contributed by atoms with Crippen LogP contribution in [0.3, 0.4) is 0 Å². The highest BCUT2D eigenvalue weighted by Gasteiger charge is 2.33. The highest BCUT2D eigenvalue weighted by molar-refractivity contribution is 6.00. The van der Waals surface area contributed by atoms with Crippen LogP contribution in [0, 0.1) is 0 Å². The van der Waals surface area contributed by atoms with Crippen molar-refractivity contribution < 1.29 is 14.7 Å². The molecule has 0 saturated heterocycles. The van der Waals surface area contributed by atoms with Crippen molar-refractivity contribution in [1.82, 2.24) is 0 Å². The Bertz CT molecular complexity index is 318. The maximum absolute atomic E-state index is 11.0. The zero-order valence-corrected chi connectivity index (χ0v) is 7.23. The molecule has 1 aromatic rings. The van der Waals surface area contributed by atoms with E-state index in [-0.39, 0.29) is 6.29 Å². The van der Waals surface area contributed by atoms with E-state index >= 15 is 0 Å². The van der Waals surface area contributed by atoms with Crippen molar-refractivity contribution in [3.63, 3.8) is 0 Å². The third-order valence-corrected chi connectivity index (χ3v) is 1.92. The summed E-state index contributed by atoms with van der Waals surface area (Å²) in [7, 11) is 0. The zero-order valence-electron chi connectivity index (χ0n) is 7.23. The summed E-state index contributed by atoms with van der Waals surface area (Å²) in [4.78, 5) is 21.6. The number of aliphatic hydroxyl groups is 1. The quantitative estimate of drug-likeness (QED) is 0.546. The van der Waals surface area contributed by atoms with Crippen LogP contribution in [0.25, 0.3) is 0 Å². The monoisotopic (exact) mass is 178 g/mol. The molecule has 1 unspecified atom stereocenters. The van der Waals surface area contributed by atoms with Crippen molar-refractivity contribution in [3.8, 4) is 0 Å². The van der Waals surface area contributed by atoms with Gasteiger partial charge in [0.15, 0.2) is 12.1 Å². The van der Waals surface area contributed by atoms with Crippen molar-refractivity contribution in [1.29, 1.82) is 0 Å². The molecule has 0 radical (unpaired) electrons. The number of carbonyl (C=O) groups excluding carboxylic acids is 2. The Balaban J connectivity index is 3.18. The van der Waals surface area contributed by atoms with Gasteiger partial charge >= 0.3 is 0 Å². The normalized spacial score (nSPS) is 14.6. The van der Waals surface area contributed by atoms with Gasteiger partial charge in [-0.25, -0.2) is 0 Å². The van der Waals surface area contributed by atoms with Crippen LogP contribution in [-0.4, -0.2) is 17.2 Å². The van der Waals surface area contributed by atoms with Gasteiger partial charge in [-0.3, -0.25) is 9.59 Å². The van der Waals surface area contributed by atoms with Crippen molar-refractivity contribution >= 4 is 12.1 Å². The van der Waals surface area contributed by atoms with Gasteiger partial charge < -0.3 is 5.11 Å². The average molecular weight is 178 g/mol. The molecule has 0 bridgehead atoms. The SMILES string of the molecule is CC(=O)C(O)(C=O)c1ccccc1. The predicted molar refractivity (Wildman–Crippen MR) is 47.1 cm³/mol. The second kappa shape index (κ2) is 3.49. The summed E-state index contributed by atoms with van der Waals surface area (Å²) in [6.45, 7) is 1.18. The second-order valence-corrected chi connectivity index (χ2v) is 2.81. The largest absolute Gasteiger partial charge is 0.371 e. The molecule has 1 atom stereocenters. The first kappa shape index (κ1) is 9.61. The first-order valence-corrected chi connectivity index (χ1v) is 3.86. The van der Waals surface area contributed by atoms with Gasteiger partial charge in [0.25, 0.3) is 0 Å². The molecule has 1 N–H and O–H groups in total. The molecule has 0 saturated carbocycles. The number of Topliss-reactive ketones (excluding diaryl/α,β-unsaturated/α-hetero) is 1. The minimum Gasteiger partial charge on any atom is -0.371 e. The standard InChI is InChI=1S/C10H10O3/c1-8(12)10(13,7-11)9-5-3-2-4-6-9/h2-7,13H,1H3. The van der Waals surface area contributed by atoms with Crippen LogP contribution in [0.4, 0.5) is 0 Å². The van der Waals surface area contributed by atoms with E-state index in [1.54, 1.807) is 18.2 Å². The summed E-state index contributed by atoms with van der Waals surface area (Å²) in [5.74, 6) is -0.575. The van der Waals surface area contributed by atoms with Crippen LogP contribution in [0.5, 0.6) is 0 Å². The van der Waals surface area contributed by atoms with E-state index in [4.69, 9.17) is 0 Å². The Kier molecular flexibility index (Phi) is 2.58. The van der Waals surface area contributed by atoms with Crippen molar-refractivity contribution in [3.05, 3.63) is 35.9 Å². The van der Waals surface area contributed by atoms with Crippen LogP contribution in [0.1, 0.15) is 12.5 Å². The molecule has 0 spiro atoms. The number of benzene rings is 1. The van der Waals surface area contributed by atoms with Gasteiger partial charge in [0.2, 0.25) is 5.60 Å². The molecule has 3 nitrogen and oxygen atoms in total. The molecule has 1 aromatic carbocycles. The lowest BCUT2D eigenvalue weighted by Gasteiger charge is -2.17. The number of aldehydes is 1. The molecule has 13 heavy (non-hydrogen) atoms. The summed E-state index contributed by atoms with van der Waals surface area (Å²) >= 11 is 0. The van der Waals surface area contributed by atoms with Gasteiger partial charge in [0.05, 0.1) is 0 Å². The summed E-state index contributed by atoms with van der Waals surface area (Å²) in [6.07, 6.45) is 0.255. The van der Waals surface area contributed by atoms with Gasteiger partial charge in [-0.1, -0.05) is 30.3 Å². The van der Waals surface area contributed by atoms with Crippen molar-refractivity contribution in [2.24, 2.45) is 0 Å². The zero-order chi connectivity index (χ0) is 9.90. The van der Waals surface area contributed by atoms with Crippen LogP contribution in [0.15, 0.2) is 30.3 Å². The molecule has 0 aliphatic carbocycles.